The number of aryl methyl sites for hydroxylation is 1. The lowest BCUT2D eigenvalue weighted by molar-refractivity contribution is -0.135. The second-order valence-corrected chi connectivity index (χ2v) is 5.85. The van der Waals surface area contributed by atoms with Gasteiger partial charge in [0, 0.05) is 26.8 Å². The molecule has 0 N–H and O–H groups in total. The maximum atomic E-state index is 12.6. The first-order chi connectivity index (χ1) is 10.6. The number of likely N-dealkylation sites (N-methyl/N-ethyl adjacent to an activating group) is 1. The minimum absolute atomic E-state index is 0.0891. The Labute approximate surface area is 130 Å². The van der Waals surface area contributed by atoms with Crippen LogP contribution in [0.4, 0.5) is 0 Å². The molecule has 0 saturated heterocycles. The topological polar surface area (TPSA) is 47.4 Å². The van der Waals surface area contributed by atoms with Crippen LogP contribution < -0.4 is 4.74 Å². The fraction of sp³-hybridized carbons (Fsp3) is 0.412. The lowest BCUT2D eigenvalue weighted by Crippen LogP contribution is -2.39. The van der Waals surface area contributed by atoms with Crippen LogP contribution in [0.1, 0.15) is 11.1 Å². The van der Waals surface area contributed by atoms with E-state index in [1.807, 2.05) is 50.8 Å². The fourth-order valence-corrected chi connectivity index (χ4v) is 2.81. The molecule has 0 radical (unpaired) electrons. The highest BCUT2D eigenvalue weighted by molar-refractivity contribution is 5.79. The summed E-state index contributed by atoms with van der Waals surface area (Å²) >= 11 is 0. The van der Waals surface area contributed by atoms with Crippen molar-refractivity contribution in [2.45, 2.75) is 12.8 Å². The Kier molecular flexibility index (Phi) is 4.13. The molecular formula is C17H21N3O2. The molecule has 22 heavy (non-hydrogen) atoms. The van der Waals surface area contributed by atoms with Gasteiger partial charge < -0.3 is 9.64 Å². The zero-order valence-electron chi connectivity index (χ0n) is 13.0. The zero-order valence-corrected chi connectivity index (χ0v) is 13.0. The molecule has 1 atom stereocenters. The van der Waals surface area contributed by atoms with Crippen LogP contribution in [0.3, 0.4) is 0 Å². The summed E-state index contributed by atoms with van der Waals surface area (Å²) in [7, 11) is 3.76. The number of hydrogen-bond donors (Lipinski definition) is 0. The van der Waals surface area contributed by atoms with Crippen molar-refractivity contribution < 1.29 is 9.53 Å². The van der Waals surface area contributed by atoms with Gasteiger partial charge in [-0.25, -0.2) is 0 Å². The average molecular weight is 299 g/mol. The summed E-state index contributed by atoms with van der Waals surface area (Å²) in [5.74, 6) is 0.969. The lowest BCUT2D eigenvalue weighted by Gasteiger charge is -2.28. The van der Waals surface area contributed by atoms with E-state index in [2.05, 4.69) is 5.10 Å². The maximum Gasteiger partial charge on any atom is 0.229 e. The van der Waals surface area contributed by atoms with Crippen molar-refractivity contribution in [2.24, 2.45) is 13.0 Å². The van der Waals surface area contributed by atoms with E-state index >= 15 is 0 Å². The van der Waals surface area contributed by atoms with E-state index in [1.165, 1.54) is 0 Å². The van der Waals surface area contributed by atoms with Crippen LogP contribution in [-0.2, 0) is 24.7 Å². The largest absolute Gasteiger partial charge is 0.492 e. The minimum Gasteiger partial charge on any atom is -0.492 e. The van der Waals surface area contributed by atoms with Crippen LogP contribution in [0.15, 0.2) is 36.7 Å². The Balaban J connectivity index is 1.57. The number of carbonyl (C=O) groups is 1. The molecule has 5 heteroatoms. The highest BCUT2D eigenvalue weighted by atomic mass is 16.5. The summed E-state index contributed by atoms with van der Waals surface area (Å²) in [6.07, 6.45) is 5.41. The monoisotopic (exact) mass is 299 g/mol. The standard InChI is InChI=1S/C17H21N3O2/c1-19(8-7-13-10-18-20(2)11-13)17(21)15-9-14-5-3-4-6-16(14)22-12-15/h3-6,10-11,15H,7-9,12H2,1-2H3/t15-/m1/s1. The first kappa shape index (κ1) is 14.6. The molecule has 0 fully saturated rings. The predicted molar refractivity (Wildman–Crippen MR) is 83.7 cm³/mol. The molecule has 0 unspecified atom stereocenters. The number of hydrogen-bond acceptors (Lipinski definition) is 3. The molecule has 1 aromatic carbocycles. The Morgan fingerprint density at radius 3 is 3.05 bits per heavy atom. The first-order valence-electron chi connectivity index (χ1n) is 7.56. The maximum absolute atomic E-state index is 12.6. The van der Waals surface area contributed by atoms with Crippen molar-refractivity contribution in [2.75, 3.05) is 20.2 Å². The van der Waals surface area contributed by atoms with Crippen molar-refractivity contribution in [3.05, 3.63) is 47.8 Å². The zero-order chi connectivity index (χ0) is 15.5. The highest BCUT2D eigenvalue weighted by Crippen LogP contribution is 2.27. The van der Waals surface area contributed by atoms with Crippen LogP contribution in [0.2, 0.25) is 0 Å². The van der Waals surface area contributed by atoms with Crippen molar-refractivity contribution in [3.8, 4) is 5.75 Å². The van der Waals surface area contributed by atoms with Crippen LogP contribution in [0, 0.1) is 5.92 Å². The summed E-state index contributed by atoms with van der Waals surface area (Å²) in [6, 6.07) is 7.94. The number of para-hydroxylation sites is 1. The SMILES string of the molecule is CN(CCc1cnn(C)c1)C(=O)[C@H]1COc2ccccc2C1. The van der Waals surface area contributed by atoms with Gasteiger partial charge in [0.15, 0.2) is 0 Å². The smallest absolute Gasteiger partial charge is 0.229 e. The lowest BCUT2D eigenvalue weighted by atomic mass is 9.95. The van der Waals surface area contributed by atoms with Crippen molar-refractivity contribution in [3.63, 3.8) is 0 Å². The number of fused-ring (bicyclic) bond motifs is 1. The van der Waals surface area contributed by atoms with Gasteiger partial charge in [0.05, 0.1) is 12.1 Å². The number of ether oxygens (including phenoxy) is 1. The van der Waals surface area contributed by atoms with E-state index < -0.39 is 0 Å². The van der Waals surface area contributed by atoms with Crippen LogP contribution in [0.25, 0.3) is 0 Å². The van der Waals surface area contributed by atoms with Crippen LogP contribution in [-0.4, -0.2) is 40.8 Å². The molecule has 2 heterocycles. The summed E-state index contributed by atoms with van der Waals surface area (Å²) in [5, 5.41) is 4.15. The normalized spacial score (nSPS) is 16.7. The third-order valence-electron chi connectivity index (χ3n) is 4.10. The quantitative estimate of drug-likeness (QED) is 0.863. The molecule has 0 bridgehead atoms. The van der Waals surface area contributed by atoms with Crippen LogP contribution in [0.5, 0.6) is 5.75 Å². The Hall–Kier alpha value is -2.30. The number of carbonyl (C=O) groups excluding carboxylic acids is 1. The van der Waals surface area contributed by atoms with E-state index in [-0.39, 0.29) is 11.8 Å². The van der Waals surface area contributed by atoms with E-state index in [0.717, 1.165) is 29.7 Å². The summed E-state index contributed by atoms with van der Waals surface area (Å²) in [5.41, 5.74) is 2.26. The van der Waals surface area contributed by atoms with Crippen molar-refractivity contribution >= 4 is 5.91 Å². The van der Waals surface area contributed by atoms with Gasteiger partial charge >= 0.3 is 0 Å². The number of nitrogens with zero attached hydrogens (tertiary/aromatic N) is 3. The molecule has 1 amide bonds. The molecule has 3 rings (SSSR count). The fourth-order valence-electron chi connectivity index (χ4n) is 2.81. The van der Waals surface area contributed by atoms with Gasteiger partial charge in [0.25, 0.3) is 0 Å². The third kappa shape index (κ3) is 3.13. The Bertz CT molecular complexity index is 665. The molecule has 0 spiro atoms. The van der Waals surface area contributed by atoms with Gasteiger partial charge in [-0.15, -0.1) is 0 Å². The Morgan fingerprint density at radius 2 is 2.27 bits per heavy atom. The van der Waals surface area contributed by atoms with Crippen molar-refractivity contribution in [1.29, 1.82) is 0 Å². The molecule has 0 aliphatic carbocycles. The molecule has 2 aromatic rings. The number of amides is 1. The van der Waals surface area contributed by atoms with Gasteiger partial charge in [-0.1, -0.05) is 18.2 Å². The van der Waals surface area contributed by atoms with Crippen molar-refractivity contribution in [1.82, 2.24) is 14.7 Å². The molecule has 1 aliphatic heterocycles. The number of benzene rings is 1. The van der Waals surface area contributed by atoms with E-state index in [0.29, 0.717) is 13.2 Å². The average Bonchev–Trinajstić information content (AvgIpc) is 2.97. The minimum atomic E-state index is -0.0891. The summed E-state index contributed by atoms with van der Waals surface area (Å²) in [6.45, 7) is 1.16. The predicted octanol–water partition coefficient (Wildman–Crippen LogP) is 1.67. The summed E-state index contributed by atoms with van der Waals surface area (Å²) in [4.78, 5) is 14.4. The van der Waals surface area contributed by atoms with Gasteiger partial charge in [-0.2, -0.15) is 5.10 Å². The number of rotatable bonds is 4. The van der Waals surface area contributed by atoms with E-state index in [1.54, 1.807) is 9.58 Å². The second kappa shape index (κ2) is 6.22. The van der Waals surface area contributed by atoms with E-state index in [4.69, 9.17) is 4.74 Å². The molecule has 116 valence electrons. The molecule has 5 nitrogen and oxygen atoms in total. The third-order valence-corrected chi connectivity index (χ3v) is 4.10. The van der Waals surface area contributed by atoms with Gasteiger partial charge in [-0.3, -0.25) is 9.48 Å². The van der Waals surface area contributed by atoms with Gasteiger partial charge in [-0.05, 0) is 30.0 Å². The molecule has 0 saturated carbocycles. The Morgan fingerprint density at radius 1 is 1.45 bits per heavy atom. The van der Waals surface area contributed by atoms with Gasteiger partial charge in [0.2, 0.25) is 5.91 Å². The molecule has 1 aliphatic rings. The molecule has 1 aromatic heterocycles. The van der Waals surface area contributed by atoms with E-state index in [9.17, 15) is 4.79 Å². The summed E-state index contributed by atoms with van der Waals surface area (Å²) < 4.78 is 7.49. The molecular weight excluding hydrogens is 278 g/mol. The second-order valence-electron chi connectivity index (χ2n) is 5.85. The van der Waals surface area contributed by atoms with Gasteiger partial charge in [0.1, 0.15) is 12.4 Å². The number of aromatic nitrogens is 2. The highest BCUT2D eigenvalue weighted by Gasteiger charge is 2.27. The van der Waals surface area contributed by atoms with Crippen LogP contribution >= 0.6 is 0 Å². The first-order valence-corrected chi connectivity index (χ1v) is 7.56.